The predicted octanol–water partition coefficient (Wildman–Crippen LogP) is 1.16. The van der Waals surface area contributed by atoms with Crippen molar-refractivity contribution in [1.82, 2.24) is 4.90 Å². The highest BCUT2D eigenvalue weighted by atomic mass is 16.3. The van der Waals surface area contributed by atoms with E-state index in [-0.39, 0.29) is 11.7 Å². The molecule has 0 aliphatic rings. The smallest absolute Gasteiger partial charge is 0.0841 e. The Morgan fingerprint density at radius 3 is 2.08 bits per heavy atom. The molecule has 0 bridgehead atoms. The second-order valence-electron chi connectivity index (χ2n) is 4.60. The van der Waals surface area contributed by atoms with Crippen molar-refractivity contribution in [3.63, 3.8) is 0 Å². The molecule has 13 heavy (non-hydrogen) atoms. The molecule has 3 heteroatoms. The molecule has 3 nitrogen and oxygen atoms in total. The van der Waals surface area contributed by atoms with Crippen LogP contribution in [-0.2, 0) is 0 Å². The largest absolute Gasteiger partial charge is 0.390 e. The molecular formula is C10H24N2O. The Morgan fingerprint density at radius 1 is 1.38 bits per heavy atom. The fourth-order valence-electron chi connectivity index (χ4n) is 1.43. The van der Waals surface area contributed by atoms with E-state index in [9.17, 15) is 5.11 Å². The quantitative estimate of drug-likeness (QED) is 0.651. The molecule has 0 amide bonds. The van der Waals surface area contributed by atoms with E-state index in [4.69, 9.17) is 5.73 Å². The maximum atomic E-state index is 9.41. The Kier molecular flexibility index (Phi) is 4.89. The maximum Gasteiger partial charge on any atom is 0.0841 e. The lowest BCUT2D eigenvalue weighted by atomic mass is 10.0. The Hall–Kier alpha value is -0.120. The first-order chi connectivity index (χ1) is 5.80. The lowest BCUT2D eigenvalue weighted by Crippen LogP contribution is -2.56. The van der Waals surface area contributed by atoms with Gasteiger partial charge < -0.3 is 10.8 Å². The average molecular weight is 188 g/mol. The van der Waals surface area contributed by atoms with Gasteiger partial charge in [0.05, 0.1) is 12.3 Å². The van der Waals surface area contributed by atoms with Crippen molar-refractivity contribution in [3.05, 3.63) is 0 Å². The lowest BCUT2D eigenvalue weighted by Gasteiger charge is -2.41. The fraction of sp³-hybridized carbons (Fsp3) is 1.00. The number of hydrogen-bond donors (Lipinski definition) is 2. The summed E-state index contributed by atoms with van der Waals surface area (Å²) in [5.41, 5.74) is 5.93. The first kappa shape index (κ1) is 12.9. The summed E-state index contributed by atoms with van der Waals surface area (Å²) in [6.45, 7) is 11.1. The van der Waals surface area contributed by atoms with Gasteiger partial charge in [0.2, 0.25) is 0 Å². The molecule has 0 rings (SSSR count). The van der Waals surface area contributed by atoms with Gasteiger partial charge in [-0.1, -0.05) is 6.92 Å². The molecule has 0 heterocycles. The van der Waals surface area contributed by atoms with Crippen molar-refractivity contribution in [3.8, 4) is 0 Å². The third kappa shape index (κ3) is 4.07. The normalized spacial score (nSPS) is 17.5. The van der Waals surface area contributed by atoms with Crippen LogP contribution in [-0.4, -0.2) is 34.4 Å². The Labute approximate surface area is 81.9 Å². The minimum absolute atomic E-state index is 0.0203. The van der Waals surface area contributed by atoms with Crippen LogP contribution in [0.1, 0.15) is 41.0 Å². The Balaban J connectivity index is 4.41. The van der Waals surface area contributed by atoms with E-state index >= 15 is 0 Å². The molecule has 0 radical (unpaired) electrons. The molecule has 0 aromatic heterocycles. The third-order valence-electron chi connectivity index (χ3n) is 2.18. The molecule has 1 unspecified atom stereocenters. The zero-order valence-corrected chi connectivity index (χ0v) is 9.54. The molecule has 0 aromatic carbocycles. The van der Waals surface area contributed by atoms with Crippen LogP contribution in [0, 0.1) is 0 Å². The molecule has 3 N–H and O–H groups in total. The van der Waals surface area contributed by atoms with Crippen molar-refractivity contribution in [2.75, 3.05) is 6.54 Å². The number of aliphatic hydroxyl groups is 1. The highest BCUT2D eigenvalue weighted by Crippen LogP contribution is 2.16. The number of rotatable bonds is 4. The highest BCUT2D eigenvalue weighted by Gasteiger charge is 2.28. The summed E-state index contributed by atoms with van der Waals surface area (Å²) in [6, 6.07) is 0. The van der Waals surface area contributed by atoms with Crippen LogP contribution in [0.4, 0.5) is 0 Å². The Bertz CT molecular complexity index is 140. The highest BCUT2D eigenvalue weighted by molar-refractivity contribution is 4.82. The summed E-state index contributed by atoms with van der Waals surface area (Å²) in [5, 5.41) is 9.41. The Morgan fingerprint density at radius 2 is 1.85 bits per heavy atom. The molecule has 0 aliphatic heterocycles. The standard InChI is InChI=1S/C10H24N2O/c1-6-7-12(10(3,4)5)9(11)8(2)13/h8-9,13H,6-7,11H2,1-5H3/t8?,9-/m0/s1. The number of nitrogens with zero attached hydrogens (tertiary/aromatic N) is 1. The van der Waals surface area contributed by atoms with E-state index in [1.54, 1.807) is 6.92 Å². The van der Waals surface area contributed by atoms with Crippen molar-refractivity contribution in [2.45, 2.75) is 58.8 Å². The lowest BCUT2D eigenvalue weighted by molar-refractivity contribution is 0.00937. The van der Waals surface area contributed by atoms with E-state index in [1.165, 1.54) is 0 Å². The second kappa shape index (κ2) is 4.94. The summed E-state index contributed by atoms with van der Waals surface area (Å²) in [7, 11) is 0. The summed E-state index contributed by atoms with van der Waals surface area (Å²) >= 11 is 0. The molecule has 0 saturated heterocycles. The second-order valence-corrected chi connectivity index (χ2v) is 4.60. The predicted molar refractivity (Wildman–Crippen MR) is 56.4 cm³/mol. The molecule has 0 saturated carbocycles. The van der Waals surface area contributed by atoms with E-state index < -0.39 is 6.10 Å². The summed E-state index contributed by atoms with van der Waals surface area (Å²) < 4.78 is 0. The van der Waals surface area contributed by atoms with Crippen LogP contribution in [0.5, 0.6) is 0 Å². The van der Waals surface area contributed by atoms with Crippen molar-refractivity contribution in [2.24, 2.45) is 5.73 Å². The molecule has 0 aromatic rings. The van der Waals surface area contributed by atoms with Gasteiger partial charge in [-0.25, -0.2) is 0 Å². The van der Waals surface area contributed by atoms with Gasteiger partial charge in [-0.2, -0.15) is 0 Å². The number of hydrogen-bond acceptors (Lipinski definition) is 3. The first-order valence-electron chi connectivity index (χ1n) is 5.01. The molecule has 0 aliphatic carbocycles. The minimum atomic E-state index is -0.481. The topological polar surface area (TPSA) is 49.5 Å². The van der Waals surface area contributed by atoms with Crippen molar-refractivity contribution in [1.29, 1.82) is 0 Å². The van der Waals surface area contributed by atoms with Crippen molar-refractivity contribution < 1.29 is 5.11 Å². The molecule has 0 fully saturated rings. The van der Waals surface area contributed by atoms with Crippen LogP contribution < -0.4 is 5.73 Å². The third-order valence-corrected chi connectivity index (χ3v) is 2.18. The average Bonchev–Trinajstić information content (AvgIpc) is 1.96. The van der Waals surface area contributed by atoms with Gasteiger partial charge in [-0.05, 0) is 40.7 Å². The summed E-state index contributed by atoms with van der Waals surface area (Å²) in [4.78, 5) is 2.14. The molecule has 0 spiro atoms. The van der Waals surface area contributed by atoms with E-state index in [0.717, 1.165) is 13.0 Å². The van der Waals surface area contributed by atoms with Gasteiger partial charge in [-0.3, -0.25) is 4.90 Å². The first-order valence-corrected chi connectivity index (χ1v) is 5.01. The zero-order valence-electron chi connectivity index (χ0n) is 9.54. The molecular weight excluding hydrogens is 164 g/mol. The van der Waals surface area contributed by atoms with E-state index in [2.05, 4.69) is 32.6 Å². The van der Waals surface area contributed by atoms with Crippen LogP contribution in [0.25, 0.3) is 0 Å². The van der Waals surface area contributed by atoms with Crippen LogP contribution in [0.2, 0.25) is 0 Å². The van der Waals surface area contributed by atoms with Gasteiger partial charge in [0.1, 0.15) is 0 Å². The monoisotopic (exact) mass is 188 g/mol. The van der Waals surface area contributed by atoms with Crippen molar-refractivity contribution >= 4 is 0 Å². The molecule has 2 atom stereocenters. The van der Waals surface area contributed by atoms with Gasteiger partial charge in [0, 0.05) is 5.54 Å². The van der Waals surface area contributed by atoms with Gasteiger partial charge in [0.15, 0.2) is 0 Å². The van der Waals surface area contributed by atoms with E-state index in [0.29, 0.717) is 0 Å². The number of nitrogens with two attached hydrogens (primary N) is 1. The van der Waals surface area contributed by atoms with Gasteiger partial charge in [-0.15, -0.1) is 0 Å². The van der Waals surface area contributed by atoms with E-state index in [1.807, 2.05) is 0 Å². The number of aliphatic hydroxyl groups excluding tert-OH is 1. The maximum absolute atomic E-state index is 9.41. The summed E-state index contributed by atoms with van der Waals surface area (Å²) in [5.74, 6) is 0. The van der Waals surface area contributed by atoms with Gasteiger partial charge in [0.25, 0.3) is 0 Å². The van der Waals surface area contributed by atoms with Gasteiger partial charge >= 0.3 is 0 Å². The summed E-state index contributed by atoms with van der Waals surface area (Å²) in [6.07, 6.45) is 0.309. The van der Waals surface area contributed by atoms with Crippen LogP contribution in [0.3, 0.4) is 0 Å². The zero-order chi connectivity index (χ0) is 10.6. The molecule has 80 valence electrons. The minimum Gasteiger partial charge on any atom is -0.390 e. The fourth-order valence-corrected chi connectivity index (χ4v) is 1.43. The van der Waals surface area contributed by atoms with Crippen LogP contribution in [0.15, 0.2) is 0 Å². The SMILES string of the molecule is CCCN([C@H](N)C(C)O)C(C)(C)C. The van der Waals surface area contributed by atoms with Crippen LogP contribution >= 0.6 is 0 Å².